The van der Waals surface area contributed by atoms with Crippen LogP contribution in [-0.4, -0.2) is 46.4 Å². The monoisotopic (exact) mass is 368 g/mol. The summed E-state index contributed by atoms with van der Waals surface area (Å²) in [5.41, 5.74) is 3.00. The fourth-order valence-electron chi connectivity index (χ4n) is 2.65. The largest absolute Gasteiger partial charge is 0.337 e. The molecule has 2 heterocycles. The van der Waals surface area contributed by atoms with Crippen LogP contribution in [0.25, 0.3) is 16.7 Å². The summed E-state index contributed by atoms with van der Waals surface area (Å²) in [6.45, 7) is 0. The minimum absolute atomic E-state index is 0.229. The van der Waals surface area contributed by atoms with E-state index in [9.17, 15) is 8.42 Å². The van der Waals surface area contributed by atoms with Crippen molar-refractivity contribution in [2.75, 3.05) is 19.4 Å². The van der Waals surface area contributed by atoms with Gasteiger partial charge >= 0.3 is 0 Å². The van der Waals surface area contributed by atoms with Gasteiger partial charge in [0.2, 0.25) is 15.7 Å². The van der Waals surface area contributed by atoms with Crippen molar-refractivity contribution in [1.29, 1.82) is 0 Å². The Labute approximate surface area is 150 Å². The van der Waals surface area contributed by atoms with Gasteiger partial charge in [-0.15, -0.1) is 10.2 Å². The zero-order valence-electron chi connectivity index (χ0n) is 14.2. The molecular formula is C17H16N6O2S. The van der Waals surface area contributed by atoms with Crippen LogP contribution in [0.2, 0.25) is 0 Å². The fraction of sp³-hybridized carbons (Fsp3) is 0.118. The van der Waals surface area contributed by atoms with Gasteiger partial charge in [0.15, 0.2) is 5.82 Å². The second-order valence-corrected chi connectivity index (χ2v) is 8.06. The molecule has 0 radical (unpaired) electrons. The van der Waals surface area contributed by atoms with Crippen LogP contribution in [0, 0.1) is 0 Å². The summed E-state index contributed by atoms with van der Waals surface area (Å²) in [6.07, 6.45) is 1.64. The maximum absolute atomic E-state index is 12.2. The lowest BCUT2D eigenvalue weighted by Crippen LogP contribution is -2.22. The summed E-state index contributed by atoms with van der Waals surface area (Å²) >= 11 is 0. The number of benzene rings is 2. The molecule has 0 aliphatic carbocycles. The number of nitrogens with one attached hydrogen (secondary N) is 1. The number of para-hydroxylation sites is 2. The van der Waals surface area contributed by atoms with E-state index in [2.05, 4.69) is 20.5 Å². The third-order valence-electron chi connectivity index (χ3n) is 4.03. The highest BCUT2D eigenvalue weighted by Crippen LogP contribution is 2.24. The quantitative estimate of drug-likeness (QED) is 0.594. The first-order valence-corrected chi connectivity index (χ1v) is 9.29. The number of nitrogens with zero attached hydrogens (tertiary/aromatic N) is 5. The van der Waals surface area contributed by atoms with Gasteiger partial charge in [0.05, 0.1) is 15.9 Å². The topological polar surface area (TPSA) is 92.5 Å². The molecule has 2 aromatic heterocycles. The molecule has 4 rings (SSSR count). The molecule has 26 heavy (non-hydrogen) atoms. The third kappa shape index (κ3) is 2.67. The maximum Gasteiger partial charge on any atom is 0.242 e. The van der Waals surface area contributed by atoms with Crippen LogP contribution in [0.3, 0.4) is 0 Å². The summed E-state index contributed by atoms with van der Waals surface area (Å²) in [6, 6.07) is 14.2. The van der Waals surface area contributed by atoms with E-state index < -0.39 is 10.0 Å². The number of fused-ring (bicyclic) bond motifs is 3. The van der Waals surface area contributed by atoms with E-state index in [1.165, 1.54) is 18.4 Å². The van der Waals surface area contributed by atoms with E-state index in [4.69, 9.17) is 0 Å². The van der Waals surface area contributed by atoms with Gasteiger partial charge in [-0.1, -0.05) is 12.1 Å². The second-order valence-electron chi connectivity index (χ2n) is 5.91. The Hall–Kier alpha value is -3.04. The molecule has 9 heteroatoms. The van der Waals surface area contributed by atoms with Gasteiger partial charge in [-0.25, -0.2) is 17.7 Å². The standard InChI is InChI=1S/C17H16N6O2S/c1-22(2)26(24,25)13-9-7-12(8-10-13)19-16-17-21-18-11-23(17)15-6-4-3-5-14(15)20-16/h3-11H,1-2H3,(H,19,20). The van der Waals surface area contributed by atoms with Crippen LogP contribution in [0.15, 0.2) is 59.8 Å². The molecule has 132 valence electrons. The number of aromatic nitrogens is 4. The molecular weight excluding hydrogens is 352 g/mol. The highest BCUT2D eigenvalue weighted by atomic mass is 32.2. The number of sulfonamides is 1. The van der Waals surface area contributed by atoms with Crippen molar-refractivity contribution in [2.45, 2.75) is 4.90 Å². The van der Waals surface area contributed by atoms with E-state index in [-0.39, 0.29) is 4.90 Å². The summed E-state index contributed by atoms with van der Waals surface area (Å²) in [5, 5.41) is 11.3. The average Bonchev–Trinajstić information content (AvgIpc) is 3.12. The highest BCUT2D eigenvalue weighted by Gasteiger charge is 2.17. The normalized spacial score (nSPS) is 12.1. The molecule has 0 unspecified atom stereocenters. The first-order valence-electron chi connectivity index (χ1n) is 7.85. The van der Waals surface area contributed by atoms with Gasteiger partial charge in [-0.05, 0) is 36.4 Å². The van der Waals surface area contributed by atoms with E-state index in [1.807, 2.05) is 28.7 Å². The fourth-order valence-corrected chi connectivity index (χ4v) is 3.55. The predicted octanol–water partition coefficient (Wildman–Crippen LogP) is 2.27. The molecule has 0 spiro atoms. The van der Waals surface area contributed by atoms with E-state index in [0.717, 1.165) is 11.0 Å². The molecule has 0 bridgehead atoms. The van der Waals surface area contributed by atoms with Crippen molar-refractivity contribution in [3.63, 3.8) is 0 Å². The number of hydrogen-bond acceptors (Lipinski definition) is 6. The molecule has 4 aromatic rings. The molecule has 0 amide bonds. The Morgan fingerprint density at radius 3 is 2.50 bits per heavy atom. The first kappa shape index (κ1) is 16.4. The summed E-state index contributed by atoms with van der Waals surface area (Å²) in [4.78, 5) is 4.84. The van der Waals surface area contributed by atoms with Crippen LogP contribution in [0.4, 0.5) is 11.5 Å². The Morgan fingerprint density at radius 2 is 1.77 bits per heavy atom. The van der Waals surface area contributed by atoms with Crippen molar-refractivity contribution < 1.29 is 8.42 Å². The molecule has 1 N–H and O–H groups in total. The van der Waals surface area contributed by atoms with Crippen LogP contribution in [0.5, 0.6) is 0 Å². The molecule has 0 saturated carbocycles. The lowest BCUT2D eigenvalue weighted by Gasteiger charge is -2.12. The number of anilines is 2. The predicted molar refractivity (Wildman–Crippen MR) is 98.9 cm³/mol. The first-order chi connectivity index (χ1) is 12.5. The lowest BCUT2D eigenvalue weighted by atomic mass is 10.3. The molecule has 0 saturated heterocycles. The van der Waals surface area contributed by atoms with Crippen molar-refractivity contribution >= 4 is 38.2 Å². The molecule has 8 nitrogen and oxygen atoms in total. The zero-order chi connectivity index (χ0) is 18.3. The van der Waals surface area contributed by atoms with Gasteiger partial charge < -0.3 is 5.32 Å². The number of hydrogen-bond donors (Lipinski definition) is 1. The third-order valence-corrected chi connectivity index (χ3v) is 5.86. The molecule has 0 aliphatic rings. The van der Waals surface area contributed by atoms with Crippen LogP contribution < -0.4 is 5.32 Å². The Morgan fingerprint density at radius 1 is 1.04 bits per heavy atom. The minimum atomic E-state index is -3.46. The van der Waals surface area contributed by atoms with E-state index in [0.29, 0.717) is 17.2 Å². The van der Waals surface area contributed by atoms with Gasteiger partial charge in [0.1, 0.15) is 6.33 Å². The van der Waals surface area contributed by atoms with Crippen LogP contribution >= 0.6 is 0 Å². The smallest absolute Gasteiger partial charge is 0.242 e. The minimum Gasteiger partial charge on any atom is -0.337 e. The van der Waals surface area contributed by atoms with E-state index >= 15 is 0 Å². The van der Waals surface area contributed by atoms with E-state index in [1.54, 1.807) is 30.6 Å². The van der Waals surface area contributed by atoms with Crippen molar-refractivity contribution in [3.8, 4) is 0 Å². The van der Waals surface area contributed by atoms with Crippen molar-refractivity contribution in [2.24, 2.45) is 0 Å². The van der Waals surface area contributed by atoms with Gasteiger partial charge in [0, 0.05) is 19.8 Å². The van der Waals surface area contributed by atoms with Gasteiger partial charge in [-0.2, -0.15) is 0 Å². The van der Waals surface area contributed by atoms with Gasteiger partial charge in [-0.3, -0.25) is 4.40 Å². The molecule has 0 fully saturated rings. The SMILES string of the molecule is CN(C)S(=O)(=O)c1ccc(Nc2nc3ccccc3n3cnnc23)cc1. The highest BCUT2D eigenvalue weighted by molar-refractivity contribution is 7.89. The molecule has 0 atom stereocenters. The summed E-state index contributed by atoms with van der Waals surface area (Å²) in [7, 11) is -0.453. The van der Waals surface area contributed by atoms with Crippen molar-refractivity contribution in [3.05, 3.63) is 54.9 Å². The summed E-state index contributed by atoms with van der Waals surface area (Å²) < 4.78 is 27.4. The molecule has 0 aliphatic heterocycles. The van der Waals surface area contributed by atoms with Crippen molar-refractivity contribution in [1.82, 2.24) is 23.9 Å². The Bertz CT molecular complexity index is 1200. The Kier molecular flexibility index (Phi) is 3.82. The lowest BCUT2D eigenvalue weighted by molar-refractivity contribution is 0.521. The Balaban J connectivity index is 1.74. The molecule has 2 aromatic carbocycles. The number of rotatable bonds is 4. The summed E-state index contributed by atoms with van der Waals surface area (Å²) in [5.74, 6) is 0.546. The van der Waals surface area contributed by atoms with Crippen LogP contribution in [-0.2, 0) is 10.0 Å². The maximum atomic E-state index is 12.2. The van der Waals surface area contributed by atoms with Gasteiger partial charge in [0.25, 0.3) is 0 Å². The van der Waals surface area contributed by atoms with Crippen LogP contribution in [0.1, 0.15) is 0 Å². The zero-order valence-corrected chi connectivity index (χ0v) is 15.0. The average molecular weight is 368 g/mol. The second kappa shape index (κ2) is 6.04.